The lowest BCUT2D eigenvalue weighted by atomic mass is 10.1. The van der Waals surface area contributed by atoms with Crippen molar-refractivity contribution in [2.24, 2.45) is 0 Å². The number of carbonyl (C=O) groups is 1. The van der Waals surface area contributed by atoms with Crippen molar-refractivity contribution in [3.05, 3.63) is 44.9 Å². The zero-order chi connectivity index (χ0) is 16.0. The van der Waals surface area contributed by atoms with Gasteiger partial charge in [0.05, 0.1) is 10.4 Å². The Morgan fingerprint density at radius 3 is 2.82 bits per heavy atom. The van der Waals surface area contributed by atoms with Gasteiger partial charge >= 0.3 is 0 Å². The zero-order valence-corrected chi connectivity index (χ0v) is 14.1. The van der Waals surface area contributed by atoms with E-state index in [1.165, 1.54) is 4.57 Å². The number of nitrogen functional groups attached to an aromatic ring is 1. The van der Waals surface area contributed by atoms with Gasteiger partial charge in [0, 0.05) is 12.4 Å². The maximum absolute atomic E-state index is 12.8. The van der Waals surface area contributed by atoms with Crippen molar-refractivity contribution in [2.75, 3.05) is 5.73 Å². The summed E-state index contributed by atoms with van der Waals surface area (Å²) >= 11 is 9.51. The molecule has 0 unspecified atom stereocenters. The molecule has 3 rings (SSSR count). The summed E-state index contributed by atoms with van der Waals surface area (Å²) < 4.78 is 1.92. The predicted octanol–water partition coefficient (Wildman–Crippen LogP) is 3.13. The molecule has 112 valence electrons. The number of hydrogen-bond acceptors (Lipinski definition) is 5. The molecule has 0 saturated heterocycles. The van der Waals surface area contributed by atoms with E-state index in [0.29, 0.717) is 26.2 Å². The number of halogens is 2. The third kappa shape index (κ3) is 2.26. The maximum atomic E-state index is 12.8. The SMILES string of the molecule is Cc1cnc(C(=O)n2ccc3c(Br)nc(N)nc32)c(C)c1Cl. The second-order valence-electron chi connectivity index (χ2n) is 4.83. The molecule has 0 aliphatic rings. The summed E-state index contributed by atoms with van der Waals surface area (Å²) in [6, 6.07) is 1.74. The summed E-state index contributed by atoms with van der Waals surface area (Å²) in [5, 5.41) is 1.23. The van der Waals surface area contributed by atoms with E-state index in [4.69, 9.17) is 17.3 Å². The predicted molar refractivity (Wildman–Crippen MR) is 88.1 cm³/mol. The highest BCUT2D eigenvalue weighted by molar-refractivity contribution is 9.10. The molecule has 3 heterocycles. The molecular weight excluding hydrogens is 370 g/mol. The van der Waals surface area contributed by atoms with E-state index >= 15 is 0 Å². The van der Waals surface area contributed by atoms with E-state index < -0.39 is 0 Å². The summed E-state index contributed by atoms with van der Waals surface area (Å²) in [5.74, 6) is -0.238. The Morgan fingerprint density at radius 1 is 1.36 bits per heavy atom. The number of aromatic nitrogens is 4. The fraction of sp³-hybridized carbons (Fsp3) is 0.143. The molecule has 0 spiro atoms. The highest BCUT2D eigenvalue weighted by Crippen LogP contribution is 2.25. The number of nitrogens with two attached hydrogens (primary N) is 1. The molecule has 0 amide bonds. The molecule has 0 saturated carbocycles. The lowest BCUT2D eigenvalue weighted by molar-refractivity contribution is 0.0959. The van der Waals surface area contributed by atoms with Crippen molar-refractivity contribution in [1.29, 1.82) is 0 Å². The van der Waals surface area contributed by atoms with Crippen LogP contribution in [0.5, 0.6) is 0 Å². The number of anilines is 1. The van der Waals surface area contributed by atoms with Crippen molar-refractivity contribution in [3.8, 4) is 0 Å². The molecular formula is C14H11BrClN5O. The first-order chi connectivity index (χ1) is 10.4. The molecule has 0 radical (unpaired) electrons. The highest BCUT2D eigenvalue weighted by atomic mass is 79.9. The smallest absolute Gasteiger partial charge is 0.282 e. The molecule has 3 aromatic heterocycles. The Hall–Kier alpha value is -1.99. The summed E-state index contributed by atoms with van der Waals surface area (Å²) in [4.78, 5) is 25.1. The van der Waals surface area contributed by atoms with Crippen LogP contribution < -0.4 is 5.73 Å². The van der Waals surface area contributed by atoms with Gasteiger partial charge in [-0.2, -0.15) is 4.98 Å². The number of carbonyl (C=O) groups excluding carboxylic acids is 1. The van der Waals surface area contributed by atoms with Crippen LogP contribution in [0.1, 0.15) is 21.6 Å². The molecule has 0 aromatic carbocycles. The lowest BCUT2D eigenvalue weighted by Gasteiger charge is -2.09. The Labute approximate surface area is 139 Å². The fourth-order valence-electron chi connectivity index (χ4n) is 2.20. The van der Waals surface area contributed by atoms with Gasteiger partial charge < -0.3 is 5.73 Å². The highest BCUT2D eigenvalue weighted by Gasteiger charge is 2.19. The fourth-order valence-corrected chi connectivity index (χ4v) is 2.83. The van der Waals surface area contributed by atoms with Crippen LogP contribution in [0, 0.1) is 13.8 Å². The average molecular weight is 381 g/mol. The minimum Gasteiger partial charge on any atom is -0.368 e. The van der Waals surface area contributed by atoms with E-state index in [9.17, 15) is 4.79 Å². The van der Waals surface area contributed by atoms with Gasteiger partial charge in [0.2, 0.25) is 5.95 Å². The van der Waals surface area contributed by atoms with Crippen LogP contribution in [0.4, 0.5) is 5.95 Å². The van der Waals surface area contributed by atoms with Crippen LogP contribution in [0.25, 0.3) is 11.0 Å². The topological polar surface area (TPSA) is 86.7 Å². The van der Waals surface area contributed by atoms with E-state index in [1.54, 1.807) is 25.4 Å². The number of nitrogens with zero attached hydrogens (tertiary/aromatic N) is 4. The van der Waals surface area contributed by atoms with E-state index in [0.717, 1.165) is 5.56 Å². The first-order valence-electron chi connectivity index (χ1n) is 6.36. The van der Waals surface area contributed by atoms with Gasteiger partial charge in [-0.3, -0.25) is 14.3 Å². The van der Waals surface area contributed by atoms with Crippen molar-refractivity contribution in [2.45, 2.75) is 13.8 Å². The lowest BCUT2D eigenvalue weighted by Crippen LogP contribution is -2.15. The maximum Gasteiger partial charge on any atom is 0.282 e. The molecule has 0 bridgehead atoms. The van der Waals surface area contributed by atoms with Gasteiger partial charge in [0.15, 0.2) is 5.65 Å². The van der Waals surface area contributed by atoms with Gasteiger partial charge in [0.25, 0.3) is 5.91 Å². The van der Waals surface area contributed by atoms with Crippen molar-refractivity contribution < 1.29 is 4.79 Å². The first-order valence-corrected chi connectivity index (χ1v) is 7.53. The molecule has 8 heteroatoms. The molecule has 0 aliphatic carbocycles. The second-order valence-corrected chi connectivity index (χ2v) is 5.96. The molecule has 6 nitrogen and oxygen atoms in total. The van der Waals surface area contributed by atoms with Gasteiger partial charge in [0.1, 0.15) is 10.3 Å². The Morgan fingerprint density at radius 2 is 2.09 bits per heavy atom. The van der Waals surface area contributed by atoms with Crippen molar-refractivity contribution >= 4 is 50.4 Å². The monoisotopic (exact) mass is 379 g/mol. The second kappa shape index (κ2) is 5.33. The normalized spacial score (nSPS) is 11.1. The summed E-state index contributed by atoms with van der Waals surface area (Å²) in [6.07, 6.45) is 3.19. The Balaban J connectivity index is 2.20. The quantitative estimate of drug-likeness (QED) is 0.655. The van der Waals surface area contributed by atoms with E-state index in [1.807, 2.05) is 6.92 Å². The molecule has 2 N–H and O–H groups in total. The van der Waals surface area contributed by atoms with Gasteiger partial charge in [-0.25, -0.2) is 4.98 Å². The molecule has 0 aliphatic heterocycles. The van der Waals surface area contributed by atoms with Gasteiger partial charge in [-0.1, -0.05) is 11.6 Å². The van der Waals surface area contributed by atoms with Gasteiger partial charge in [-0.05, 0) is 47.0 Å². The molecule has 3 aromatic rings. The van der Waals surface area contributed by atoms with Crippen molar-refractivity contribution in [3.63, 3.8) is 0 Å². The van der Waals surface area contributed by atoms with Crippen molar-refractivity contribution in [1.82, 2.24) is 19.5 Å². The molecule has 0 fully saturated rings. The summed E-state index contributed by atoms with van der Waals surface area (Å²) in [7, 11) is 0. The zero-order valence-electron chi connectivity index (χ0n) is 11.8. The van der Waals surface area contributed by atoms with Crippen LogP contribution >= 0.6 is 27.5 Å². The Kier molecular flexibility index (Phi) is 3.62. The minimum atomic E-state index is -0.320. The van der Waals surface area contributed by atoms with Crippen LogP contribution in [-0.2, 0) is 0 Å². The van der Waals surface area contributed by atoms with E-state index in [-0.39, 0.29) is 17.5 Å². The standard InChI is InChI=1S/C14H11BrClN5O/c1-6-5-18-10(7(2)9(6)16)13(22)21-4-3-8-11(15)19-14(17)20-12(8)21/h3-5H,1-2H3,(H2,17,19,20). The molecule has 22 heavy (non-hydrogen) atoms. The number of pyridine rings is 1. The van der Waals surface area contributed by atoms with E-state index in [2.05, 4.69) is 30.9 Å². The van der Waals surface area contributed by atoms with Crippen LogP contribution in [0.2, 0.25) is 5.02 Å². The number of rotatable bonds is 1. The third-order valence-electron chi connectivity index (χ3n) is 3.35. The number of aryl methyl sites for hydroxylation is 1. The molecule has 0 atom stereocenters. The Bertz CT molecular complexity index is 921. The van der Waals surface area contributed by atoms with Gasteiger partial charge in [-0.15, -0.1) is 0 Å². The third-order valence-corrected chi connectivity index (χ3v) is 4.54. The van der Waals surface area contributed by atoms with Crippen LogP contribution in [0.15, 0.2) is 23.1 Å². The summed E-state index contributed by atoms with van der Waals surface area (Å²) in [6.45, 7) is 3.60. The summed E-state index contributed by atoms with van der Waals surface area (Å²) in [5.41, 5.74) is 7.81. The first kappa shape index (κ1) is 14.9. The number of hydrogen-bond donors (Lipinski definition) is 1. The van der Waals surface area contributed by atoms with Crippen LogP contribution in [0.3, 0.4) is 0 Å². The largest absolute Gasteiger partial charge is 0.368 e. The van der Waals surface area contributed by atoms with Crippen LogP contribution in [-0.4, -0.2) is 25.4 Å². The number of fused-ring (bicyclic) bond motifs is 1. The minimum absolute atomic E-state index is 0.0822. The average Bonchev–Trinajstić information content (AvgIpc) is 2.88.